The smallest absolute Gasteiger partial charge is 0.410 e. The van der Waals surface area contributed by atoms with Gasteiger partial charge in [-0.15, -0.1) is 0 Å². The highest BCUT2D eigenvalue weighted by atomic mass is 16.6. The highest BCUT2D eigenvalue weighted by Gasteiger charge is 2.19. The molecule has 0 heterocycles. The van der Waals surface area contributed by atoms with Crippen molar-refractivity contribution < 1.29 is 28.6 Å². The van der Waals surface area contributed by atoms with Crippen LogP contribution in [0.3, 0.4) is 0 Å². The van der Waals surface area contributed by atoms with Gasteiger partial charge in [0.15, 0.2) is 0 Å². The van der Waals surface area contributed by atoms with E-state index in [1.54, 1.807) is 50.2 Å². The van der Waals surface area contributed by atoms with Gasteiger partial charge in [-0.2, -0.15) is 0 Å². The van der Waals surface area contributed by atoms with E-state index in [1.165, 1.54) is 4.90 Å². The molecule has 0 radical (unpaired) electrons. The molecule has 186 valence electrons. The van der Waals surface area contributed by atoms with Crippen molar-refractivity contribution in [3.8, 4) is 5.75 Å². The molecule has 1 rings (SSSR count). The SMILES string of the molecule is CCOC(=O)CCCCCOc1ccc(C(=O)N(C)CCCN(C)C(=O)OC(C)(C)C)cc1. The first kappa shape index (κ1) is 28.3. The molecule has 0 N–H and O–H groups in total. The predicted octanol–water partition coefficient (Wildman–Crippen LogP) is 4.52. The Kier molecular flexibility index (Phi) is 12.3. The van der Waals surface area contributed by atoms with E-state index in [0.29, 0.717) is 50.5 Å². The summed E-state index contributed by atoms with van der Waals surface area (Å²) < 4.78 is 15.9. The van der Waals surface area contributed by atoms with Crippen LogP contribution in [-0.2, 0) is 14.3 Å². The van der Waals surface area contributed by atoms with Crippen LogP contribution in [0.2, 0.25) is 0 Å². The largest absolute Gasteiger partial charge is 0.494 e. The maximum atomic E-state index is 12.6. The first-order valence-corrected chi connectivity index (χ1v) is 11.6. The third kappa shape index (κ3) is 12.2. The van der Waals surface area contributed by atoms with Crippen LogP contribution in [0.25, 0.3) is 0 Å². The summed E-state index contributed by atoms with van der Waals surface area (Å²) in [7, 11) is 3.44. The molecule has 0 bridgehead atoms. The number of rotatable bonds is 13. The molecule has 33 heavy (non-hydrogen) atoms. The lowest BCUT2D eigenvalue weighted by Crippen LogP contribution is -2.36. The molecule has 0 atom stereocenters. The van der Waals surface area contributed by atoms with Crippen molar-refractivity contribution in [1.82, 2.24) is 9.80 Å². The zero-order valence-electron chi connectivity index (χ0n) is 21.0. The summed E-state index contributed by atoms with van der Waals surface area (Å²) in [5.41, 5.74) is 0.0535. The third-order valence-electron chi connectivity index (χ3n) is 4.74. The number of ether oxygens (including phenoxy) is 3. The topological polar surface area (TPSA) is 85.4 Å². The van der Waals surface area contributed by atoms with Gasteiger partial charge >= 0.3 is 12.1 Å². The Morgan fingerprint density at radius 3 is 2.12 bits per heavy atom. The number of hydrogen-bond donors (Lipinski definition) is 0. The normalized spacial score (nSPS) is 11.0. The first-order valence-electron chi connectivity index (χ1n) is 11.6. The van der Waals surface area contributed by atoms with Crippen LogP contribution in [-0.4, -0.2) is 73.8 Å². The van der Waals surface area contributed by atoms with E-state index in [9.17, 15) is 14.4 Å². The molecule has 0 saturated heterocycles. The molecule has 0 fully saturated rings. The van der Waals surface area contributed by atoms with Crippen molar-refractivity contribution in [1.29, 1.82) is 0 Å². The molecular formula is C25H40N2O6. The minimum Gasteiger partial charge on any atom is -0.494 e. The van der Waals surface area contributed by atoms with Crippen LogP contribution in [0.15, 0.2) is 24.3 Å². The van der Waals surface area contributed by atoms with E-state index in [0.717, 1.165) is 19.3 Å². The Hall–Kier alpha value is -2.77. The molecule has 8 nitrogen and oxygen atoms in total. The van der Waals surface area contributed by atoms with Gasteiger partial charge in [-0.1, -0.05) is 0 Å². The van der Waals surface area contributed by atoms with Gasteiger partial charge in [-0.25, -0.2) is 4.79 Å². The molecule has 1 aromatic rings. The maximum absolute atomic E-state index is 12.6. The lowest BCUT2D eigenvalue weighted by molar-refractivity contribution is -0.143. The predicted molar refractivity (Wildman–Crippen MR) is 127 cm³/mol. The van der Waals surface area contributed by atoms with E-state index in [-0.39, 0.29) is 18.0 Å². The summed E-state index contributed by atoms with van der Waals surface area (Å²) in [5, 5.41) is 0. The molecule has 8 heteroatoms. The second kappa shape index (κ2) is 14.4. The van der Waals surface area contributed by atoms with E-state index in [2.05, 4.69) is 0 Å². The van der Waals surface area contributed by atoms with Crippen LogP contribution >= 0.6 is 0 Å². The highest BCUT2D eigenvalue weighted by molar-refractivity contribution is 5.94. The number of carbonyl (C=O) groups is 3. The minimum atomic E-state index is -0.530. The van der Waals surface area contributed by atoms with Gasteiger partial charge in [0.25, 0.3) is 5.91 Å². The van der Waals surface area contributed by atoms with Gasteiger partial charge in [0.2, 0.25) is 0 Å². The third-order valence-corrected chi connectivity index (χ3v) is 4.74. The first-order chi connectivity index (χ1) is 15.5. The summed E-state index contributed by atoms with van der Waals surface area (Å²) in [6, 6.07) is 7.08. The Morgan fingerprint density at radius 1 is 0.879 bits per heavy atom. The minimum absolute atomic E-state index is 0.0829. The number of hydrogen-bond acceptors (Lipinski definition) is 6. The van der Waals surface area contributed by atoms with Gasteiger partial charge in [0.05, 0.1) is 13.2 Å². The average Bonchev–Trinajstić information content (AvgIpc) is 2.74. The second-order valence-electron chi connectivity index (χ2n) is 8.97. The fraction of sp³-hybridized carbons (Fsp3) is 0.640. The number of unbranched alkanes of at least 4 members (excludes halogenated alkanes) is 2. The maximum Gasteiger partial charge on any atom is 0.410 e. The van der Waals surface area contributed by atoms with Crippen molar-refractivity contribution in [2.75, 3.05) is 40.4 Å². The molecule has 0 aliphatic heterocycles. The molecule has 0 spiro atoms. The molecule has 0 aromatic heterocycles. The summed E-state index contributed by atoms with van der Waals surface area (Å²) in [4.78, 5) is 39.1. The molecular weight excluding hydrogens is 424 g/mol. The Labute approximate surface area is 198 Å². The Bertz CT molecular complexity index is 742. The summed E-state index contributed by atoms with van der Waals surface area (Å²) in [5.74, 6) is 0.470. The average molecular weight is 465 g/mol. The van der Waals surface area contributed by atoms with Gasteiger partial charge in [0.1, 0.15) is 11.4 Å². The molecule has 1 aromatic carbocycles. The Morgan fingerprint density at radius 2 is 1.52 bits per heavy atom. The summed E-state index contributed by atoms with van der Waals surface area (Å²) in [6.45, 7) is 9.29. The van der Waals surface area contributed by atoms with Crippen LogP contribution in [0.1, 0.15) is 70.2 Å². The van der Waals surface area contributed by atoms with Gasteiger partial charge in [-0.3, -0.25) is 9.59 Å². The zero-order chi connectivity index (χ0) is 24.9. The van der Waals surface area contributed by atoms with E-state index in [1.807, 2.05) is 20.8 Å². The van der Waals surface area contributed by atoms with Crippen molar-refractivity contribution in [3.05, 3.63) is 29.8 Å². The molecule has 2 amide bonds. The van der Waals surface area contributed by atoms with E-state index >= 15 is 0 Å². The van der Waals surface area contributed by atoms with Crippen LogP contribution in [0, 0.1) is 0 Å². The summed E-state index contributed by atoms with van der Waals surface area (Å²) >= 11 is 0. The standard InChI is InChI=1S/C25H40N2O6/c1-7-31-22(28)12-9-8-10-19-32-21-15-13-20(14-16-21)23(29)26(5)17-11-18-27(6)24(30)33-25(2,3)4/h13-16H,7-12,17-19H2,1-6H3. The molecule has 0 aliphatic rings. The number of carbonyl (C=O) groups excluding carboxylic acids is 3. The number of esters is 1. The van der Waals surface area contributed by atoms with Crippen molar-refractivity contribution >= 4 is 18.0 Å². The monoisotopic (exact) mass is 464 g/mol. The van der Waals surface area contributed by atoms with Crippen LogP contribution in [0.5, 0.6) is 5.75 Å². The highest BCUT2D eigenvalue weighted by Crippen LogP contribution is 2.15. The fourth-order valence-electron chi connectivity index (χ4n) is 2.96. The van der Waals surface area contributed by atoms with Crippen LogP contribution < -0.4 is 4.74 Å². The van der Waals surface area contributed by atoms with E-state index < -0.39 is 5.60 Å². The molecule has 0 saturated carbocycles. The lowest BCUT2D eigenvalue weighted by Gasteiger charge is -2.25. The zero-order valence-corrected chi connectivity index (χ0v) is 21.0. The lowest BCUT2D eigenvalue weighted by atomic mass is 10.2. The number of nitrogens with zero attached hydrogens (tertiary/aromatic N) is 2. The van der Waals surface area contributed by atoms with Crippen molar-refractivity contribution in [2.45, 2.75) is 65.4 Å². The van der Waals surface area contributed by atoms with E-state index in [4.69, 9.17) is 14.2 Å². The molecule has 0 unspecified atom stereocenters. The van der Waals surface area contributed by atoms with Crippen molar-refractivity contribution in [3.63, 3.8) is 0 Å². The van der Waals surface area contributed by atoms with Gasteiger partial charge in [0, 0.05) is 39.2 Å². The van der Waals surface area contributed by atoms with Crippen molar-refractivity contribution in [2.24, 2.45) is 0 Å². The number of amides is 2. The number of benzene rings is 1. The quantitative estimate of drug-likeness (QED) is 0.315. The molecule has 0 aliphatic carbocycles. The fourth-order valence-corrected chi connectivity index (χ4v) is 2.96. The van der Waals surface area contributed by atoms with Gasteiger partial charge in [-0.05, 0) is 77.6 Å². The van der Waals surface area contributed by atoms with Gasteiger partial charge < -0.3 is 24.0 Å². The second-order valence-corrected chi connectivity index (χ2v) is 8.97. The Balaban J connectivity index is 2.31. The summed E-state index contributed by atoms with van der Waals surface area (Å²) in [6.07, 6.45) is 3.25. The van der Waals surface area contributed by atoms with Crippen LogP contribution in [0.4, 0.5) is 4.79 Å².